The average molecular weight is 652 g/mol. The minimum absolute atomic E-state index is 0.637. The van der Waals surface area contributed by atoms with Crippen molar-refractivity contribution in [1.82, 2.24) is 24.3 Å². The van der Waals surface area contributed by atoms with Crippen LogP contribution in [-0.2, 0) is 0 Å². The summed E-state index contributed by atoms with van der Waals surface area (Å²) in [5, 5.41) is 2.41. The molecule has 0 N–H and O–H groups in total. The van der Waals surface area contributed by atoms with Gasteiger partial charge < -0.3 is 0 Å². The van der Waals surface area contributed by atoms with E-state index in [-0.39, 0.29) is 0 Å². The van der Waals surface area contributed by atoms with E-state index in [0.29, 0.717) is 17.5 Å². The van der Waals surface area contributed by atoms with E-state index in [9.17, 15) is 0 Å². The first-order chi connectivity index (χ1) is 25.3. The molecule has 6 aromatic carbocycles. The Balaban J connectivity index is 1.03. The second-order valence-corrected chi connectivity index (χ2v) is 12.7. The van der Waals surface area contributed by atoms with E-state index in [1.165, 1.54) is 16.3 Å². The summed E-state index contributed by atoms with van der Waals surface area (Å²) in [6, 6.07) is 61.0. The lowest BCUT2D eigenvalue weighted by Gasteiger charge is -2.10. The first-order valence-corrected chi connectivity index (χ1v) is 17.1. The minimum Gasteiger partial charge on any atom is -0.292 e. The molecule has 0 aliphatic heterocycles. The molecule has 10 aromatic rings. The van der Waals surface area contributed by atoms with Crippen molar-refractivity contribution in [2.45, 2.75) is 0 Å². The summed E-state index contributed by atoms with van der Waals surface area (Å²) in [7, 11) is 0. The number of nitrogens with zero attached hydrogens (tertiary/aromatic N) is 5. The molecule has 10 rings (SSSR count). The molecule has 0 aliphatic carbocycles. The maximum absolute atomic E-state index is 5.03. The van der Waals surface area contributed by atoms with Crippen molar-refractivity contribution in [2.24, 2.45) is 0 Å². The molecule has 51 heavy (non-hydrogen) atoms. The summed E-state index contributed by atoms with van der Waals surface area (Å²) in [6.07, 6.45) is 0. The first kappa shape index (κ1) is 29.0. The molecule has 0 radical (unpaired) electrons. The Kier molecular flexibility index (Phi) is 6.74. The predicted octanol–water partition coefficient (Wildman–Crippen LogP) is 11.3. The van der Waals surface area contributed by atoms with Crippen LogP contribution in [0.2, 0.25) is 0 Å². The van der Waals surface area contributed by atoms with E-state index >= 15 is 0 Å². The molecule has 238 valence electrons. The molecule has 5 nitrogen and oxygen atoms in total. The number of hydrogen-bond acceptors (Lipinski definition) is 4. The fraction of sp³-hybridized carbons (Fsp3) is 0. The first-order valence-electron chi connectivity index (χ1n) is 17.1. The predicted molar refractivity (Wildman–Crippen MR) is 207 cm³/mol. The van der Waals surface area contributed by atoms with Gasteiger partial charge in [-0.05, 0) is 40.5 Å². The molecule has 5 heteroatoms. The number of hydrogen-bond donors (Lipinski definition) is 0. The van der Waals surface area contributed by atoms with Gasteiger partial charge in [-0.15, -0.1) is 0 Å². The normalized spacial score (nSPS) is 11.5. The summed E-state index contributed by atoms with van der Waals surface area (Å²) in [4.78, 5) is 19.9. The summed E-state index contributed by atoms with van der Waals surface area (Å²) < 4.78 is 2.29. The molecule has 0 aliphatic rings. The van der Waals surface area contributed by atoms with Crippen LogP contribution >= 0.6 is 0 Å². The Morgan fingerprint density at radius 1 is 0.314 bits per heavy atom. The zero-order valence-corrected chi connectivity index (χ0v) is 27.5. The maximum Gasteiger partial charge on any atom is 0.164 e. The quantitative estimate of drug-likeness (QED) is 0.180. The monoisotopic (exact) mass is 651 g/mol. The van der Waals surface area contributed by atoms with Crippen molar-refractivity contribution in [3.63, 3.8) is 0 Å². The Bertz CT molecular complexity index is 2810. The van der Waals surface area contributed by atoms with Crippen molar-refractivity contribution in [3.05, 3.63) is 176 Å². The van der Waals surface area contributed by atoms with Gasteiger partial charge in [0.15, 0.2) is 17.5 Å². The molecule has 0 fully saturated rings. The van der Waals surface area contributed by atoms with Crippen molar-refractivity contribution in [2.75, 3.05) is 0 Å². The fourth-order valence-corrected chi connectivity index (χ4v) is 7.10. The molecule has 0 saturated carbocycles. The summed E-state index contributed by atoms with van der Waals surface area (Å²) in [5.41, 5.74) is 12.8. The second kappa shape index (κ2) is 11.9. The Morgan fingerprint density at radius 2 is 0.765 bits per heavy atom. The molecular weight excluding hydrogens is 623 g/mol. The molecule has 0 saturated heterocycles. The van der Waals surface area contributed by atoms with E-state index in [1.54, 1.807) is 0 Å². The average Bonchev–Trinajstić information content (AvgIpc) is 3.77. The van der Waals surface area contributed by atoms with Gasteiger partial charge >= 0.3 is 0 Å². The van der Waals surface area contributed by atoms with Gasteiger partial charge in [-0.3, -0.25) is 4.40 Å². The van der Waals surface area contributed by atoms with Gasteiger partial charge in [0.25, 0.3) is 0 Å². The minimum atomic E-state index is 0.637. The van der Waals surface area contributed by atoms with Crippen LogP contribution in [-0.4, -0.2) is 24.3 Å². The number of aromatic nitrogens is 5. The topological polar surface area (TPSA) is 56.0 Å². The van der Waals surface area contributed by atoms with E-state index in [4.69, 9.17) is 19.9 Å². The van der Waals surface area contributed by atoms with Gasteiger partial charge in [0.2, 0.25) is 0 Å². The lowest BCUT2D eigenvalue weighted by Crippen LogP contribution is -2.00. The molecular formula is C46H29N5. The summed E-state index contributed by atoms with van der Waals surface area (Å²) >= 11 is 0. The van der Waals surface area contributed by atoms with Crippen molar-refractivity contribution in [3.8, 4) is 67.7 Å². The van der Waals surface area contributed by atoms with Crippen LogP contribution in [0.3, 0.4) is 0 Å². The zero-order chi connectivity index (χ0) is 33.7. The zero-order valence-electron chi connectivity index (χ0n) is 27.5. The fourth-order valence-electron chi connectivity index (χ4n) is 7.10. The number of fused-ring (bicyclic) bond motifs is 3. The Labute approximate surface area is 294 Å². The standard InChI is InChI=1S/C46H29N5/c1-4-11-30(12-5-1)31-19-23-35(24-20-31)45-48-44(34-15-8-3-9-16-34)49-46(50-45)36-25-21-32(22-26-36)37-27-28-38-39(29-37)40-17-10-18-41-47-42(43(38)51(40)41)33-13-6-2-7-14-33/h1-29H. The molecule has 0 bridgehead atoms. The molecule has 0 spiro atoms. The van der Waals surface area contributed by atoms with Crippen LogP contribution in [0, 0.1) is 0 Å². The van der Waals surface area contributed by atoms with Gasteiger partial charge in [-0.25, -0.2) is 19.9 Å². The Morgan fingerprint density at radius 3 is 1.35 bits per heavy atom. The second-order valence-electron chi connectivity index (χ2n) is 12.7. The highest BCUT2D eigenvalue weighted by Crippen LogP contribution is 2.39. The third kappa shape index (κ3) is 5.03. The summed E-state index contributed by atoms with van der Waals surface area (Å²) in [6.45, 7) is 0. The largest absolute Gasteiger partial charge is 0.292 e. The third-order valence-corrected chi connectivity index (χ3v) is 9.64. The van der Waals surface area contributed by atoms with Gasteiger partial charge in [-0.1, -0.05) is 158 Å². The van der Waals surface area contributed by atoms with E-state index in [0.717, 1.165) is 61.3 Å². The molecule has 0 amide bonds. The third-order valence-electron chi connectivity index (χ3n) is 9.64. The number of pyridine rings is 1. The molecule has 4 aromatic heterocycles. The lowest BCUT2D eigenvalue weighted by molar-refractivity contribution is 1.07. The van der Waals surface area contributed by atoms with E-state index in [2.05, 4.69) is 138 Å². The highest BCUT2D eigenvalue weighted by Gasteiger charge is 2.19. The van der Waals surface area contributed by atoms with Gasteiger partial charge in [0.05, 0.1) is 16.7 Å². The van der Waals surface area contributed by atoms with Crippen LogP contribution in [0.4, 0.5) is 0 Å². The maximum atomic E-state index is 5.03. The van der Waals surface area contributed by atoms with Crippen LogP contribution < -0.4 is 0 Å². The molecule has 4 heterocycles. The van der Waals surface area contributed by atoms with Crippen LogP contribution in [0.1, 0.15) is 0 Å². The SMILES string of the molecule is c1ccc(-c2ccc(-c3nc(-c4ccccc4)nc(-c4ccc(-c5ccc6c(c5)c5cccc7nc(-c8ccccc8)c6n75)cc4)n3)cc2)cc1. The van der Waals surface area contributed by atoms with Crippen LogP contribution in [0.5, 0.6) is 0 Å². The molecule has 0 atom stereocenters. The van der Waals surface area contributed by atoms with Crippen molar-refractivity contribution in [1.29, 1.82) is 0 Å². The van der Waals surface area contributed by atoms with Gasteiger partial charge in [-0.2, -0.15) is 0 Å². The molecule has 0 unspecified atom stereocenters. The smallest absolute Gasteiger partial charge is 0.164 e. The highest BCUT2D eigenvalue weighted by molar-refractivity contribution is 6.14. The van der Waals surface area contributed by atoms with E-state index < -0.39 is 0 Å². The number of imidazole rings is 1. The number of benzene rings is 6. The number of rotatable bonds is 6. The summed E-state index contributed by atoms with van der Waals surface area (Å²) in [5.74, 6) is 1.93. The van der Waals surface area contributed by atoms with Crippen molar-refractivity contribution >= 4 is 27.5 Å². The van der Waals surface area contributed by atoms with Gasteiger partial charge in [0, 0.05) is 33.0 Å². The Hall–Kier alpha value is -6.98. The van der Waals surface area contributed by atoms with Gasteiger partial charge in [0.1, 0.15) is 5.65 Å². The van der Waals surface area contributed by atoms with Crippen molar-refractivity contribution < 1.29 is 0 Å². The van der Waals surface area contributed by atoms with Crippen LogP contribution in [0.25, 0.3) is 95.1 Å². The lowest BCUT2D eigenvalue weighted by atomic mass is 10.00. The van der Waals surface area contributed by atoms with E-state index in [1.807, 2.05) is 42.5 Å². The highest BCUT2D eigenvalue weighted by atomic mass is 15.0. The van der Waals surface area contributed by atoms with Crippen LogP contribution in [0.15, 0.2) is 176 Å².